The van der Waals surface area contributed by atoms with Crippen LogP contribution in [0.25, 0.3) is 0 Å². The smallest absolute Gasteiger partial charge is 0.326 e. The van der Waals surface area contributed by atoms with Gasteiger partial charge in [0.25, 0.3) is 0 Å². The fraction of sp³-hybridized carbons (Fsp3) is 0.733. The highest BCUT2D eigenvalue weighted by molar-refractivity contribution is 5.92. The summed E-state index contributed by atoms with van der Waals surface area (Å²) >= 11 is 0. The normalized spacial score (nSPS) is 16.8. The van der Waals surface area contributed by atoms with Gasteiger partial charge < -0.3 is 31.7 Å². The molecule has 0 aromatic rings. The van der Waals surface area contributed by atoms with Crippen molar-refractivity contribution in [3.63, 3.8) is 0 Å². The lowest BCUT2D eigenvalue weighted by atomic mass is 9.97. The number of aliphatic hydroxyl groups is 1. The van der Waals surface area contributed by atoms with Crippen LogP contribution in [0.1, 0.15) is 40.0 Å². The number of nitrogens with two attached hydrogens (primary N) is 1. The lowest BCUT2D eigenvalue weighted by Gasteiger charge is -2.27. The molecule has 10 nitrogen and oxygen atoms in total. The van der Waals surface area contributed by atoms with Gasteiger partial charge in [0.15, 0.2) is 0 Å². The van der Waals surface area contributed by atoms with Crippen molar-refractivity contribution in [1.29, 1.82) is 0 Å². The molecular formula is C15H27N3O7. The first-order valence-electron chi connectivity index (χ1n) is 8.00. The van der Waals surface area contributed by atoms with Crippen LogP contribution >= 0.6 is 0 Å². The van der Waals surface area contributed by atoms with Gasteiger partial charge in [-0.1, -0.05) is 20.3 Å². The summed E-state index contributed by atoms with van der Waals surface area (Å²) in [7, 11) is 0. The molecule has 2 amide bonds. The summed E-state index contributed by atoms with van der Waals surface area (Å²) in [6.45, 7) is 4.80. The fourth-order valence-electron chi connectivity index (χ4n) is 1.96. The molecule has 0 aromatic carbocycles. The molecule has 0 saturated carbocycles. The topological polar surface area (TPSA) is 179 Å². The Bertz CT molecular complexity index is 496. The van der Waals surface area contributed by atoms with Crippen molar-refractivity contribution in [2.24, 2.45) is 11.7 Å². The second kappa shape index (κ2) is 10.6. The van der Waals surface area contributed by atoms with Gasteiger partial charge in [-0.25, -0.2) is 4.79 Å². The lowest BCUT2D eigenvalue weighted by molar-refractivity contribution is -0.143. The van der Waals surface area contributed by atoms with Crippen LogP contribution in [0.3, 0.4) is 0 Å². The quantitative estimate of drug-likeness (QED) is 0.261. The summed E-state index contributed by atoms with van der Waals surface area (Å²) in [5, 5.41) is 31.8. The Balaban J connectivity index is 5.12. The first-order chi connectivity index (χ1) is 11.5. The number of hydrogen-bond donors (Lipinski definition) is 6. The van der Waals surface area contributed by atoms with Gasteiger partial charge in [-0.05, 0) is 19.3 Å². The van der Waals surface area contributed by atoms with Crippen LogP contribution in [0.2, 0.25) is 0 Å². The summed E-state index contributed by atoms with van der Waals surface area (Å²) < 4.78 is 0. The predicted octanol–water partition coefficient (Wildman–Crippen LogP) is -1.34. The molecule has 0 radical (unpaired) electrons. The van der Waals surface area contributed by atoms with Gasteiger partial charge in [0.1, 0.15) is 18.1 Å². The molecule has 0 rings (SSSR count). The van der Waals surface area contributed by atoms with Crippen LogP contribution < -0.4 is 16.4 Å². The standard InChI is InChI=1S/C15H27N3O7/c1-4-7(2)12(18-13(22)11(16)8(3)19)14(23)17-9(15(24)25)5-6-10(20)21/h7-9,11-12,19H,4-6,16H2,1-3H3,(H,17,23)(H,18,22)(H,20,21)(H,24,25). The lowest BCUT2D eigenvalue weighted by Crippen LogP contribution is -2.58. The van der Waals surface area contributed by atoms with E-state index in [1.54, 1.807) is 13.8 Å². The van der Waals surface area contributed by atoms with E-state index in [0.29, 0.717) is 6.42 Å². The first-order valence-corrected chi connectivity index (χ1v) is 8.00. The Morgan fingerprint density at radius 3 is 2.00 bits per heavy atom. The fourth-order valence-corrected chi connectivity index (χ4v) is 1.96. The van der Waals surface area contributed by atoms with Crippen molar-refractivity contribution in [2.45, 2.75) is 64.3 Å². The maximum Gasteiger partial charge on any atom is 0.326 e. The molecule has 0 heterocycles. The number of amides is 2. The summed E-state index contributed by atoms with van der Waals surface area (Å²) in [5.41, 5.74) is 5.53. The second-order valence-electron chi connectivity index (χ2n) is 5.97. The molecule has 5 unspecified atom stereocenters. The Labute approximate surface area is 145 Å². The van der Waals surface area contributed by atoms with Crippen molar-refractivity contribution >= 4 is 23.8 Å². The molecule has 0 spiro atoms. The molecule has 25 heavy (non-hydrogen) atoms. The van der Waals surface area contributed by atoms with Crippen molar-refractivity contribution in [2.75, 3.05) is 0 Å². The average Bonchev–Trinajstić information content (AvgIpc) is 2.53. The van der Waals surface area contributed by atoms with Gasteiger partial charge in [-0.15, -0.1) is 0 Å². The second-order valence-corrected chi connectivity index (χ2v) is 5.97. The zero-order valence-corrected chi connectivity index (χ0v) is 14.6. The number of carbonyl (C=O) groups is 4. The SMILES string of the molecule is CCC(C)C(NC(=O)C(N)C(C)O)C(=O)NC(CCC(=O)O)C(=O)O. The molecule has 10 heteroatoms. The maximum absolute atomic E-state index is 12.4. The number of rotatable bonds is 11. The van der Waals surface area contributed by atoms with E-state index >= 15 is 0 Å². The number of carboxylic acid groups (broad SMARTS) is 2. The molecule has 0 fully saturated rings. The van der Waals surface area contributed by atoms with E-state index in [9.17, 15) is 24.3 Å². The van der Waals surface area contributed by atoms with Gasteiger partial charge in [0.2, 0.25) is 11.8 Å². The molecule has 0 saturated heterocycles. The summed E-state index contributed by atoms with van der Waals surface area (Å²) in [5.74, 6) is -4.38. The van der Waals surface area contributed by atoms with E-state index < -0.39 is 54.4 Å². The van der Waals surface area contributed by atoms with Gasteiger partial charge in [-0.3, -0.25) is 14.4 Å². The number of hydrogen-bond acceptors (Lipinski definition) is 6. The molecule has 0 aromatic heterocycles. The van der Waals surface area contributed by atoms with Crippen LogP contribution in [0.15, 0.2) is 0 Å². The monoisotopic (exact) mass is 361 g/mol. The van der Waals surface area contributed by atoms with E-state index in [-0.39, 0.29) is 12.3 Å². The Morgan fingerprint density at radius 1 is 1.04 bits per heavy atom. The minimum Gasteiger partial charge on any atom is -0.481 e. The summed E-state index contributed by atoms with van der Waals surface area (Å²) in [6, 6.07) is -3.69. The van der Waals surface area contributed by atoms with E-state index in [4.69, 9.17) is 15.9 Å². The van der Waals surface area contributed by atoms with Gasteiger partial charge in [-0.2, -0.15) is 0 Å². The Kier molecular flexibility index (Phi) is 9.69. The highest BCUT2D eigenvalue weighted by Crippen LogP contribution is 2.10. The summed E-state index contributed by atoms with van der Waals surface area (Å²) in [4.78, 5) is 46.1. The van der Waals surface area contributed by atoms with Gasteiger partial charge in [0, 0.05) is 6.42 Å². The number of aliphatic hydroxyl groups excluding tert-OH is 1. The number of carboxylic acids is 2. The zero-order chi connectivity index (χ0) is 19.7. The summed E-state index contributed by atoms with van der Waals surface area (Å²) in [6.07, 6.45) is -1.33. The largest absolute Gasteiger partial charge is 0.481 e. The van der Waals surface area contributed by atoms with Crippen molar-refractivity contribution in [3.8, 4) is 0 Å². The zero-order valence-electron chi connectivity index (χ0n) is 14.6. The third-order valence-corrected chi connectivity index (χ3v) is 3.88. The van der Waals surface area contributed by atoms with Crippen LogP contribution in [-0.4, -0.2) is 63.3 Å². The third kappa shape index (κ3) is 7.94. The van der Waals surface area contributed by atoms with Crippen molar-refractivity contribution in [1.82, 2.24) is 10.6 Å². The highest BCUT2D eigenvalue weighted by atomic mass is 16.4. The first kappa shape index (κ1) is 22.8. The minimum absolute atomic E-state index is 0.287. The molecule has 144 valence electrons. The van der Waals surface area contributed by atoms with E-state index in [0.717, 1.165) is 0 Å². The molecular weight excluding hydrogens is 334 g/mol. The Hall–Kier alpha value is -2.20. The van der Waals surface area contributed by atoms with Crippen LogP contribution in [-0.2, 0) is 19.2 Å². The van der Waals surface area contributed by atoms with Crippen LogP contribution in [0.4, 0.5) is 0 Å². The van der Waals surface area contributed by atoms with E-state index in [1.165, 1.54) is 6.92 Å². The van der Waals surface area contributed by atoms with Crippen molar-refractivity contribution < 1.29 is 34.5 Å². The molecule has 0 aliphatic carbocycles. The molecule has 0 bridgehead atoms. The van der Waals surface area contributed by atoms with Crippen molar-refractivity contribution in [3.05, 3.63) is 0 Å². The van der Waals surface area contributed by atoms with Gasteiger partial charge >= 0.3 is 11.9 Å². The molecule has 5 atom stereocenters. The average molecular weight is 361 g/mol. The van der Waals surface area contributed by atoms with Crippen LogP contribution in [0.5, 0.6) is 0 Å². The molecule has 0 aliphatic rings. The predicted molar refractivity (Wildman–Crippen MR) is 87.5 cm³/mol. The van der Waals surface area contributed by atoms with E-state index in [1.807, 2.05) is 0 Å². The maximum atomic E-state index is 12.4. The minimum atomic E-state index is -1.39. The number of carbonyl (C=O) groups excluding carboxylic acids is 2. The van der Waals surface area contributed by atoms with E-state index in [2.05, 4.69) is 10.6 Å². The number of nitrogens with one attached hydrogen (secondary N) is 2. The molecule has 7 N–H and O–H groups in total. The number of aliphatic carboxylic acids is 2. The molecule has 0 aliphatic heterocycles. The highest BCUT2D eigenvalue weighted by Gasteiger charge is 2.31. The van der Waals surface area contributed by atoms with Gasteiger partial charge in [0.05, 0.1) is 6.10 Å². The Morgan fingerprint density at radius 2 is 1.60 bits per heavy atom. The van der Waals surface area contributed by atoms with Crippen LogP contribution in [0, 0.1) is 5.92 Å². The third-order valence-electron chi connectivity index (χ3n) is 3.88.